The first-order valence-electron chi connectivity index (χ1n) is 5.73. The molecule has 1 aliphatic rings. The Kier molecular flexibility index (Phi) is 4.34. The normalized spacial score (nSPS) is 19.2. The SMILES string of the molecule is OC[C@H](c1c(F)cccc1Cl)N1CCNCC1. The average molecular weight is 259 g/mol. The maximum Gasteiger partial charge on any atom is 0.129 e. The number of aliphatic hydroxyl groups is 1. The van der Waals surface area contributed by atoms with Crippen LogP contribution in [0.2, 0.25) is 5.02 Å². The standard InChI is InChI=1S/C12H16ClFN2O/c13-9-2-1-3-10(14)12(9)11(8-17)16-6-4-15-5-7-16/h1-3,11,15,17H,4-8H2/t11-/m1/s1. The molecule has 0 saturated carbocycles. The highest BCUT2D eigenvalue weighted by Crippen LogP contribution is 2.29. The first-order chi connectivity index (χ1) is 8.24. The second-order valence-corrected chi connectivity index (χ2v) is 4.53. The molecule has 0 unspecified atom stereocenters. The van der Waals surface area contributed by atoms with Crippen LogP contribution >= 0.6 is 11.6 Å². The molecule has 2 rings (SSSR count). The minimum Gasteiger partial charge on any atom is -0.394 e. The van der Waals surface area contributed by atoms with Crippen LogP contribution in [0.1, 0.15) is 11.6 Å². The lowest BCUT2D eigenvalue weighted by Gasteiger charge is -2.34. The van der Waals surface area contributed by atoms with Crippen molar-refractivity contribution >= 4 is 11.6 Å². The first kappa shape index (κ1) is 12.8. The zero-order valence-electron chi connectivity index (χ0n) is 9.50. The average Bonchev–Trinajstić information content (AvgIpc) is 2.35. The van der Waals surface area contributed by atoms with Gasteiger partial charge in [-0.25, -0.2) is 4.39 Å². The van der Waals surface area contributed by atoms with Crippen LogP contribution in [-0.2, 0) is 0 Å². The van der Waals surface area contributed by atoms with Crippen LogP contribution in [0.4, 0.5) is 4.39 Å². The summed E-state index contributed by atoms with van der Waals surface area (Å²) >= 11 is 6.03. The molecule has 94 valence electrons. The van der Waals surface area contributed by atoms with Gasteiger partial charge >= 0.3 is 0 Å². The van der Waals surface area contributed by atoms with Crippen molar-refractivity contribution in [3.63, 3.8) is 0 Å². The van der Waals surface area contributed by atoms with E-state index in [1.54, 1.807) is 12.1 Å². The predicted octanol–water partition coefficient (Wildman–Crippen LogP) is 1.42. The van der Waals surface area contributed by atoms with Gasteiger partial charge in [0.2, 0.25) is 0 Å². The van der Waals surface area contributed by atoms with Crippen molar-refractivity contribution in [2.24, 2.45) is 0 Å². The molecule has 0 radical (unpaired) electrons. The molecule has 2 N–H and O–H groups in total. The van der Waals surface area contributed by atoms with Crippen molar-refractivity contribution in [1.29, 1.82) is 0 Å². The number of benzene rings is 1. The number of nitrogens with zero attached hydrogens (tertiary/aromatic N) is 1. The summed E-state index contributed by atoms with van der Waals surface area (Å²) in [5, 5.41) is 13.1. The smallest absolute Gasteiger partial charge is 0.129 e. The third-order valence-corrected chi connectivity index (χ3v) is 3.43. The summed E-state index contributed by atoms with van der Waals surface area (Å²) in [6.07, 6.45) is 0. The molecule has 0 spiro atoms. The van der Waals surface area contributed by atoms with Crippen molar-refractivity contribution in [3.05, 3.63) is 34.6 Å². The fraction of sp³-hybridized carbons (Fsp3) is 0.500. The molecule has 3 nitrogen and oxygen atoms in total. The van der Waals surface area contributed by atoms with Gasteiger partial charge in [0.25, 0.3) is 0 Å². The number of piperazine rings is 1. The minimum absolute atomic E-state index is 0.124. The van der Waals surface area contributed by atoms with Crippen LogP contribution in [0.5, 0.6) is 0 Å². The van der Waals surface area contributed by atoms with E-state index in [0.29, 0.717) is 10.6 Å². The number of nitrogens with one attached hydrogen (secondary N) is 1. The zero-order valence-corrected chi connectivity index (χ0v) is 10.3. The second kappa shape index (κ2) is 5.78. The Labute approximate surface area is 105 Å². The number of halogens is 2. The van der Waals surface area contributed by atoms with Gasteiger partial charge in [0.1, 0.15) is 5.82 Å². The molecule has 1 aromatic rings. The van der Waals surface area contributed by atoms with E-state index in [4.69, 9.17) is 11.6 Å². The highest BCUT2D eigenvalue weighted by atomic mass is 35.5. The summed E-state index contributed by atoms with van der Waals surface area (Å²) in [6.45, 7) is 3.15. The first-order valence-corrected chi connectivity index (χ1v) is 6.11. The highest BCUT2D eigenvalue weighted by Gasteiger charge is 2.25. The van der Waals surface area contributed by atoms with E-state index in [1.807, 2.05) is 0 Å². The summed E-state index contributed by atoms with van der Waals surface area (Å²) in [7, 11) is 0. The quantitative estimate of drug-likeness (QED) is 0.861. The second-order valence-electron chi connectivity index (χ2n) is 4.12. The van der Waals surface area contributed by atoms with Gasteiger partial charge in [-0.1, -0.05) is 17.7 Å². The van der Waals surface area contributed by atoms with Gasteiger partial charge in [0.05, 0.1) is 12.6 Å². The summed E-state index contributed by atoms with van der Waals surface area (Å²) in [4.78, 5) is 2.06. The Morgan fingerprint density at radius 1 is 1.41 bits per heavy atom. The van der Waals surface area contributed by atoms with Crippen LogP contribution in [0.25, 0.3) is 0 Å². The zero-order chi connectivity index (χ0) is 12.3. The van der Waals surface area contributed by atoms with Gasteiger partial charge in [0.15, 0.2) is 0 Å². The van der Waals surface area contributed by atoms with Gasteiger partial charge in [-0.2, -0.15) is 0 Å². The van der Waals surface area contributed by atoms with Gasteiger partial charge in [-0.3, -0.25) is 4.90 Å². The molecule has 0 aliphatic carbocycles. The van der Waals surface area contributed by atoms with Crippen molar-refractivity contribution in [3.8, 4) is 0 Å². The lowest BCUT2D eigenvalue weighted by molar-refractivity contribution is 0.108. The van der Waals surface area contributed by atoms with E-state index >= 15 is 0 Å². The highest BCUT2D eigenvalue weighted by molar-refractivity contribution is 6.31. The molecular formula is C12H16ClFN2O. The third kappa shape index (κ3) is 2.77. The predicted molar refractivity (Wildman–Crippen MR) is 65.7 cm³/mol. The Morgan fingerprint density at radius 3 is 2.71 bits per heavy atom. The third-order valence-electron chi connectivity index (χ3n) is 3.10. The van der Waals surface area contributed by atoms with E-state index < -0.39 is 0 Å². The molecule has 5 heteroatoms. The molecule has 0 aromatic heterocycles. The molecule has 1 atom stereocenters. The maximum absolute atomic E-state index is 13.8. The van der Waals surface area contributed by atoms with Crippen LogP contribution in [0.15, 0.2) is 18.2 Å². The van der Waals surface area contributed by atoms with E-state index in [9.17, 15) is 9.50 Å². The minimum atomic E-state index is -0.356. The molecular weight excluding hydrogens is 243 g/mol. The topological polar surface area (TPSA) is 35.5 Å². The largest absolute Gasteiger partial charge is 0.394 e. The summed E-state index contributed by atoms with van der Waals surface area (Å²) in [6, 6.07) is 4.26. The number of hydrogen-bond donors (Lipinski definition) is 2. The van der Waals surface area contributed by atoms with E-state index in [1.165, 1.54) is 6.07 Å². The molecule has 1 heterocycles. The molecule has 1 aromatic carbocycles. The van der Waals surface area contributed by atoms with Gasteiger partial charge < -0.3 is 10.4 Å². The van der Waals surface area contributed by atoms with Gasteiger partial charge in [-0.05, 0) is 12.1 Å². The summed E-state index contributed by atoms with van der Waals surface area (Å²) in [5.41, 5.74) is 0.401. The lowest BCUT2D eigenvalue weighted by atomic mass is 10.0. The molecule has 1 aliphatic heterocycles. The van der Waals surface area contributed by atoms with E-state index in [2.05, 4.69) is 10.2 Å². The monoisotopic (exact) mass is 258 g/mol. The van der Waals surface area contributed by atoms with Crippen LogP contribution in [0.3, 0.4) is 0 Å². The van der Waals surface area contributed by atoms with Gasteiger partial charge in [0, 0.05) is 36.8 Å². The van der Waals surface area contributed by atoms with Crippen molar-refractivity contribution in [1.82, 2.24) is 10.2 Å². The molecule has 0 bridgehead atoms. The van der Waals surface area contributed by atoms with Crippen LogP contribution in [-0.4, -0.2) is 42.8 Å². The molecule has 1 fully saturated rings. The maximum atomic E-state index is 13.8. The molecule has 1 saturated heterocycles. The Bertz CT molecular complexity index is 363. The fourth-order valence-electron chi connectivity index (χ4n) is 2.21. The van der Waals surface area contributed by atoms with E-state index in [-0.39, 0.29) is 18.5 Å². The molecule has 17 heavy (non-hydrogen) atoms. The Morgan fingerprint density at radius 2 is 2.12 bits per heavy atom. The number of aliphatic hydroxyl groups excluding tert-OH is 1. The number of rotatable bonds is 3. The fourth-order valence-corrected chi connectivity index (χ4v) is 2.50. The Balaban J connectivity index is 2.27. The number of hydrogen-bond acceptors (Lipinski definition) is 3. The summed E-state index contributed by atoms with van der Waals surface area (Å²) < 4.78 is 13.8. The van der Waals surface area contributed by atoms with Crippen molar-refractivity contribution < 1.29 is 9.50 Å². The van der Waals surface area contributed by atoms with Crippen LogP contribution < -0.4 is 5.32 Å². The van der Waals surface area contributed by atoms with Crippen LogP contribution in [0, 0.1) is 5.82 Å². The Hall–Kier alpha value is -0.680. The van der Waals surface area contributed by atoms with Crippen molar-refractivity contribution in [2.45, 2.75) is 6.04 Å². The summed E-state index contributed by atoms with van der Waals surface area (Å²) in [5.74, 6) is -0.352. The van der Waals surface area contributed by atoms with Gasteiger partial charge in [-0.15, -0.1) is 0 Å². The van der Waals surface area contributed by atoms with E-state index in [0.717, 1.165) is 26.2 Å². The molecule has 0 amide bonds. The van der Waals surface area contributed by atoms with Crippen molar-refractivity contribution in [2.75, 3.05) is 32.8 Å². The lowest BCUT2D eigenvalue weighted by Crippen LogP contribution is -2.46.